The minimum Gasteiger partial charge on any atom is -0.495 e. The number of benzene rings is 1. The highest BCUT2D eigenvalue weighted by molar-refractivity contribution is 7.89. The number of primary sulfonamides is 1. The minimum atomic E-state index is -3.94. The van der Waals surface area contributed by atoms with E-state index >= 15 is 0 Å². The second-order valence-electron chi connectivity index (χ2n) is 4.96. The first-order chi connectivity index (χ1) is 9.82. The van der Waals surface area contributed by atoms with Gasteiger partial charge in [-0.15, -0.1) is 0 Å². The number of nitrogens with two attached hydrogens (primary N) is 1. The third-order valence-electron chi connectivity index (χ3n) is 3.38. The van der Waals surface area contributed by atoms with E-state index in [4.69, 9.17) is 14.6 Å². The molecule has 7 nitrogen and oxygen atoms in total. The fraction of sp³-hybridized carbons (Fsp3) is 0.462. The highest BCUT2D eigenvalue weighted by Crippen LogP contribution is 2.27. The first-order valence-corrected chi connectivity index (χ1v) is 8.01. The Labute approximate surface area is 123 Å². The predicted molar refractivity (Wildman–Crippen MR) is 76.5 cm³/mol. The van der Waals surface area contributed by atoms with E-state index in [1.165, 1.54) is 19.2 Å². The number of hydrogen-bond donors (Lipinski definition) is 2. The Morgan fingerprint density at radius 1 is 1.48 bits per heavy atom. The molecule has 2 atom stereocenters. The predicted octanol–water partition coefficient (Wildman–Crippen LogP) is 0.706. The number of anilines is 1. The van der Waals surface area contributed by atoms with Crippen molar-refractivity contribution < 1.29 is 22.7 Å². The van der Waals surface area contributed by atoms with E-state index in [0.29, 0.717) is 12.3 Å². The summed E-state index contributed by atoms with van der Waals surface area (Å²) in [4.78, 5) is 11.9. The lowest BCUT2D eigenvalue weighted by Crippen LogP contribution is -2.31. The van der Waals surface area contributed by atoms with Crippen molar-refractivity contribution in [2.45, 2.75) is 24.3 Å². The van der Waals surface area contributed by atoms with Gasteiger partial charge in [-0.25, -0.2) is 13.6 Å². The molecule has 8 heteroatoms. The maximum Gasteiger partial charge on any atom is 0.253 e. The molecule has 0 saturated carbocycles. The van der Waals surface area contributed by atoms with Gasteiger partial charge in [-0.1, -0.05) is 6.92 Å². The fourth-order valence-electron chi connectivity index (χ4n) is 2.22. The van der Waals surface area contributed by atoms with Gasteiger partial charge in [-0.05, 0) is 30.5 Å². The summed E-state index contributed by atoms with van der Waals surface area (Å²) < 4.78 is 33.4. The summed E-state index contributed by atoms with van der Waals surface area (Å²) in [6, 6.07) is 4.25. The number of hydrogen-bond acceptors (Lipinski definition) is 5. The molecule has 1 fully saturated rings. The molecule has 1 amide bonds. The number of ether oxygens (including phenoxy) is 2. The summed E-state index contributed by atoms with van der Waals surface area (Å²) in [5.74, 6) is -0.0486. The van der Waals surface area contributed by atoms with Gasteiger partial charge in [0.15, 0.2) is 0 Å². The highest BCUT2D eigenvalue weighted by Gasteiger charge is 2.31. The highest BCUT2D eigenvalue weighted by atomic mass is 32.2. The van der Waals surface area contributed by atoms with Crippen LogP contribution in [0.15, 0.2) is 23.1 Å². The first-order valence-electron chi connectivity index (χ1n) is 6.46. The number of sulfonamides is 1. The molecule has 2 unspecified atom stereocenters. The van der Waals surface area contributed by atoms with Crippen LogP contribution in [0.5, 0.6) is 5.75 Å². The average molecular weight is 314 g/mol. The Balaban J connectivity index is 2.23. The topological polar surface area (TPSA) is 108 Å². The van der Waals surface area contributed by atoms with Crippen LogP contribution in [-0.2, 0) is 19.6 Å². The van der Waals surface area contributed by atoms with Crippen molar-refractivity contribution in [2.24, 2.45) is 11.1 Å². The van der Waals surface area contributed by atoms with E-state index < -0.39 is 16.1 Å². The van der Waals surface area contributed by atoms with Crippen LogP contribution in [0, 0.1) is 5.92 Å². The summed E-state index contributed by atoms with van der Waals surface area (Å²) >= 11 is 0. The molecule has 1 aromatic rings. The van der Waals surface area contributed by atoms with Crippen molar-refractivity contribution >= 4 is 21.6 Å². The summed E-state index contributed by atoms with van der Waals surface area (Å²) in [7, 11) is -2.60. The van der Waals surface area contributed by atoms with Gasteiger partial charge in [-0.2, -0.15) is 0 Å². The van der Waals surface area contributed by atoms with Crippen molar-refractivity contribution in [1.82, 2.24) is 0 Å². The van der Waals surface area contributed by atoms with Gasteiger partial charge >= 0.3 is 0 Å². The van der Waals surface area contributed by atoms with E-state index in [1.54, 1.807) is 6.07 Å². The average Bonchev–Trinajstić information content (AvgIpc) is 2.84. The van der Waals surface area contributed by atoms with Gasteiger partial charge in [0.1, 0.15) is 16.7 Å². The molecule has 1 aliphatic heterocycles. The van der Waals surface area contributed by atoms with Crippen LogP contribution < -0.4 is 15.2 Å². The van der Waals surface area contributed by atoms with Crippen LogP contribution in [-0.4, -0.2) is 34.1 Å². The van der Waals surface area contributed by atoms with Crippen LogP contribution >= 0.6 is 0 Å². The van der Waals surface area contributed by atoms with Crippen molar-refractivity contribution in [1.29, 1.82) is 0 Å². The second kappa shape index (κ2) is 6.00. The van der Waals surface area contributed by atoms with Crippen LogP contribution in [0.25, 0.3) is 0 Å². The zero-order valence-electron chi connectivity index (χ0n) is 11.8. The van der Waals surface area contributed by atoms with Gasteiger partial charge < -0.3 is 14.8 Å². The maximum absolute atomic E-state index is 12.1. The van der Waals surface area contributed by atoms with Gasteiger partial charge in [0.05, 0.1) is 7.11 Å². The summed E-state index contributed by atoms with van der Waals surface area (Å²) in [5, 5.41) is 7.77. The molecular weight excluding hydrogens is 296 g/mol. The zero-order chi connectivity index (χ0) is 15.6. The van der Waals surface area contributed by atoms with Gasteiger partial charge in [0, 0.05) is 12.3 Å². The van der Waals surface area contributed by atoms with Gasteiger partial charge in [0.25, 0.3) is 5.91 Å². The van der Waals surface area contributed by atoms with E-state index in [-0.39, 0.29) is 22.5 Å². The molecule has 1 aromatic carbocycles. The molecule has 1 heterocycles. The molecule has 3 N–H and O–H groups in total. The fourth-order valence-corrected chi connectivity index (χ4v) is 2.94. The molecule has 0 bridgehead atoms. The van der Waals surface area contributed by atoms with Crippen molar-refractivity contribution in [3.8, 4) is 5.75 Å². The van der Waals surface area contributed by atoms with Crippen molar-refractivity contribution in [3.05, 3.63) is 18.2 Å². The smallest absolute Gasteiger partial charge is 0.253 e. The molecule has 0 aliphatic carbocycles. The van der Waals surface area contributed by atoms with E-state index in [1.807, 2.05) is 6.92 Å². The molecule has 1 aliphatic rings. The Kier molecular flexibility index (Phi) is 4.50. The minimum absolute atomic E-state index is 0.126. The monoisotopic (exact) mass is 314 g/mol. The lowest BCUT2D eigenvalue weighted by atomic mass is 10.0. The number of carbonyl (C=O) groups is 1. The normalized spacial score (nSPS) is 22.0. The van der Waals surface area contributed by atoms with Gasteiger partial charge in [0.2, 0.25) is 10.0 Å². The third-order valence-corrected chi connectivity index (χ3v) is 4.32. The number of nitrogens with one attached hydrogen (secondary N) is 1. The molecule has 116 valence electrons. The van der Waals surface area contributed by atoms with E-state index in [9.17, 15) is 13.2 Å². The van der Waals surface area contributed by atoms with Crippen LogP contribution in [0.3, 0.4) is 0 Å². The van der Waals surface area contributed by atoms with Gasteiger partial charge in [-0.3, -0.25) is 4.79 Å². The largest absolute Gasteiger partial charge is 0.495 e. The second-order valence-corrected chi connectivity index (χ2v) is 6.49. The SMILES string of the molecule is COc1ccc(NC(=O)C2OCCC2C)cc1S(N)(=O)=O. The number of carbonyl (C=O) groups excluding carboxylic acids is 1. The van der Waals surface area contributed by atoms with Crippen LogP contribution in [0.1, 0.15) is 13.3 Å². The first kappa shape index (κ1) is 15.7. The molecule has 21 heavy (non-hydrogen) atoms. The molecule has 1 saturated heterocycles. The molecule has 0 aromatic heterocycles. The van der Waals surface area contributed by atoms with E-state index in [2.05, 4.69) is 5.32 Å². The Morgan fingerprint density at radius 2 is 2.19 bits per heavy atom. The lowest BCUT2D eigenvalue weighted by molar-refractivity contribution is -0.126. The number of methoxy groups -OCH3 is 1. The zero-order valence-corrected chi connectivity index (χ0v) is 12.6. The van der Waals surface area contributed by atoms with Crippen molar-refractivity contribution in [2.75, 3.05) is 19.0 Å². The van der Waals surface area contributed by atoms with E-state index in [0.717, 1.165) is 6.42 Å². The number of amides is 1. The number of rotatable bonds is 4. The van der Waals surface area contributed by atoms with Crippen LogP contribution in [0.2, 0.25) is 0 Å². The molecule has 2 rings (SSSR count). The van der Waals surface area contributed by atoms with Crippen LogP contribution in [0.4, 0.5) is 5.69 Å². The lowest BCUT2D eigenvalue weighted by Gasteiger charge is -2.15. The molecular formula is C13H18N2O5S. The Bertz CT molecular complexity index is 644. The summed E-state index contributed by atoms with van der Waals surface area (Å²) in [6.45, 7) is 2.48. The third kappa shape index (κ3) is 3.52. The molecule has 0 radical (unpaired) electrons. The maximum atomic E-state index is 12.1. The molecule has 0 spiro atoms. The Hall–Kier alpha value is -1.64. The summed E-state index contributed by atoms with van der Waals surface area (Å²) in [5.41, 5.74) is 0.326. The standard InChI is InChI=1S/C13H18N2O5S/c1-8-5-6-20-12(8)13(16)15-9-3-4-10(19-2)11(7-9)21(14,17)18/h3-4,7-8,12H,5-6H2,1-2H3,(H,15,16)(H2,14,17,18). The quantitative estimate of drug-likeness (QED) is 0.851. The Morgan fingerprint density at radius 3 is 2.71 bits per heavy atom. The van der Waals surface area contributed by atoms with Crippen molar-refractivity contribution in [3.63, 3.8) is 0 Å². The summed E-state index contributed by atoms with van der Waals surface area (Å²) in [6.07, 6.45) is 0.299.